The Labute approximate surface area is 324 Å². The number of rotatable bonds is 5. The van der Waals surface area contributed by atoms with Crippen molar-refractivity contribution in [3.63, 3.8) is 0 Å². The van der Waals surface area contributed by atoms with Gasteiger partial charge in [0.2, 0.25) is 0 Å². The predicted molar refractivity (Wildman–Crippen MR) is 217 cm³/mol. The monoisotopic (exact) mass is 730 g/mol. The van der Waals surface area contributed by atoms with Gasteiger partial charge in [-0.3, -0.25) is 4.90 Å². The maximum Gasteiger partial charge on any atom is 0.0652 e. The molecule has 0 aromatic rings. The molecular weight excluding hydrogens is 651 g/mol. The standard InChI is InChI=1S/C49H79NOS/c1-2-10-31(11-3-1)32-20-22-36(23-21-32)50(38-24-25-40-35(30-38)28-33-12-4-5-15-39(33)40)37-14-8-13-34(29-37)41-17-9-18-42-43-26-27-46-47(49(43)51-48(41)42)44-16-6-7-19-45(44)52-46/h31-49H,1-30H2. The Morgan fingerprint density at radius 3 is 1.81 bits per heavy atom. The van der Waals surface area contributed by atoms with Gasteiger partial charge in [-0.15, -0.1) is 0 Å². The minimum absolute atomic E-state index is 0.621. The van der Waals surface area contributed by atoms with Crippen molar-refractivity contribution in [1.82, 2.24) is 4.90 Å². The lowest BCUT2D eigenvalue weighted by Crippen LogP contribution is -2.55. The second-order valence-corrected chi connectivity index (χ2v) is 23.6. The zero-order chi connectivity index (χ0) is 34.2. The van der Waals surface area contributed by atoms with E-state index in [2.05, 4.69) is 16.7 Å². The summed E-state index contributed by atoms with van der Waals surface area (Å²) in [6.07, 6.45) is 47.4. The molecule has 0 radical (unpaired) electrons. The van der Waals surface area contributed by atoms with Gasteiger partial charge in [-0.1, -0.05) is 77.0 Å². The predicted octanol–water partition coefficient (Wildman–Crippen LogP) is 12.9. The first-order chi connectivity index (χ1) is 25.8. The zero-order valence-corrected chi connectivity index (χ0v) is 34.3. The Bertz CT molecular complexity index is 1210. The summed E-state index contributed by atoms with van der Waals surface area (Å²) in [6.45, 7) is 0. The highest BCUT2D eigenvalue weighted by Crippen LogP contribution is 2.62. The summed E-state index contributed by atoms with van der Waals surface area (Å²) in [5.74, 6) is 12.1. The smallest absolute Gasteiger partial charge is 0.0652 e. The Hall–Kier alpha value is 0.270. The van der Waals surface area contributed by atoms with E-state index in [0.29, 0.717) is 12.2 Å². The van der Waals surface area contributed by atoms with Crippen LogP contribution in [-0.4, -0.2) is 45.7 Å². The van der Waals surface area contributed by atoms with Crippen LogP contribution in [0.25, 0.3) is 0 Å². The number of ether oxygens (including phenoxy) is 1. The fraction of sp³-hybridized carbons (Fsp3) is 1.00. The summed E-state index contributed by atoms with van der Waals surface area (Å²) in [5, 5.41) is 1.92. The average Bonchev–Trinajstić information content (AvgIpc) is 3.89. The van der Waals surface area contributed by atoms with E-state index in [-0.39, 0.29) is 0 Å². The van der Waals surface area contributed by atoms with E-state index in [1.165, 1.54) is 103 Å². The van der Waals surface area contributed by atoms with Crippen molar-refractivity contribution in [3.05, 3.63) is 0 Å². The Kier molecular flexibility index (Phi) is 10.4. The molecule has 11 aliphatic rings. The molecule has 2 nitrogen and oxygen atoms in total. The van der Waals surface area contributed by atoms with Crippen LogP contribution in [-0.2, 0) is 4.74 Å². The zero-order valence-electron chi connectivity index (χ0n) is 33.4. The molecule has 16 atom stereocenters. The van der Waals surface area contributed by atoms with Crippen LogP contribution in [0.4, 0.5) is 0 Å². The van der Waals surface area contributed by atoms with Crippen LogP contribution in [0.1, 0.15) is 193 Å². The van der Waals surface area contributed by atoms with Crippen LogP contribution in [0.3, 0.4) is 0 Å². The molecule has 52 heavy (non-hydrogen) atoms. The second-order valence-electron chi connectivity index (χ2n) is 22.1. The summed E-state index contributed by atoms with van der Waals surface area (Å²) in [6, 6.07) is 2.69. The fourth-order valence-electron chi connectivity index (χ4n) is 18.2. The molecule has 11 rings (SSSR count). The number of hydrogen-bond acceptors (Lipinski definition) is 3. The molecule has 292 valence electrons. The molecule has 9 saturated carbocycles. The maximum atomic E-state index is 7.66. The molecule has 0 bridgehead atoms. The molecule has 3 heteroatoms. The van der Waals surface area contributed by atoms with Crippen LogP contribution in [0.15, 0.2) is 0 Å². The second kappa shape index (κ2) is 15.2. The molecule has 9 aliphatic carbocycles. The molecule has 2 aliphatic heterocycles. The van der Waals surface area contributed by atoms with Gasteiger partial charge in [-0.2, -0.15) is 11.8 Å². The first-order valence-electron chi connectivity index (χ1n) is 24.8. The number of hydrogen-bond donors (Lipinski definition) is 0. The van der Waals surface area contributed by atoms with Crippen molar-refractivity contribution in [1.29, 1.82) is 0 Å². The van der Waals surface area contributed by atoms with E-state index in [0.717, 1.165) is 99.6 Å². The molecule has 0 aromatic heterocycles. The van der Waals surface area contributed by atoms with Gasteiger partial charge >= 0.3 is 0 Å². The van der Waals surface area contributed by atoms with Gasteiger partial charge in [-0.25, -0.2) is 0 Å². The quantitative estimate of drug-likeness (QED) is 0.280. The third-order valence-corrected chi connectivity index (χ3v) is 22.0. The van der Waals surface area contributed by atoms with Gasteiger partial charge in [0.1, 0.15) is 0 Å². The van der Waals surface area contributed by atoms with E-state index in [9.17, 15) is 0 Å². The van der Waals surface area contributed by atoms with Crippen molar-refractivity contribution >= 4 is 11.8 Å². The lowest BCUT2D eigenvalue weighted by Gasteiger charge is -2.52. The topological polar surface area (TPSA) is 12.5 Å². The first kappa shape index (κ1) is 35.4. The van der Waals surface area contributed by atoms with Gasteiger partial charge in [0.05, 0.1) is 12.2 Å². The van der Waals surface area contributed by atoms with Gasteiger partial charge in [0.25, 0.3) is 0 Å². The number of fused-ring (bicyclic) bond motifs is 10. The highest BCUT2D eigenvalue weighted by molar-refractivity contribution is 8.00. The average molecular weight is 730 g/mol. The van der Waals surface area contributed by atoms with Gasteiger partial charge in [0.15, 0.2) is 0 Å². The Morgan fingerprint density at radius 2 is 0.904 bits per heavy atom. The summed E-state index contributed by atoms with van der Waals surface area (Å²) in [5.41, 5.74) is 0. The molecule has 2 heterocycles. The highest BCUT2D eigenvalue weighted by atomic mass is 32.2. The summed E-state index contributed by atoms with van der Waals surface area (Å²) < 4.78 is 7.66. The van der Waals surface area contributed by atoms with Crippen LogP contribution in [0, 0.1) is 71.0 Å². The van der Waals surface area contributed by atoms with Gasteiger partial charge in [-0.05, 0) is 181 Å². The largest absolute Gasteiger partial charge is 0.374 e. The van der Waals surface area contributed by atoms with E-state index in [4.69, 9.17) is 4.74 Å². The van der Waals surface area contributed by atoms with Crippen LogP contribution >= 0.6 is 11.8 Å². The van der Waals surface area contributed by atoms with Crippen molar-refractivity contribution in [2.45, 2.75) is 233 Å². The normalized spacial score (nSPS) is 53.7. The molecule has 0 N–H and O–H groups in total. The Balaban J connectivity index is 0.814. The maximum absolute atomic E-state index is 7.66. The number of nitrogens with zero attached hydrogens (tertiary/aromatic N) is 1. The molecule has 0 spiro atoms. The third-order valence-electron chi connectivity index (χ3n) is 20.1. The van der Waals surface area contributed by atoms with Crippen LogP contribution < -0.4 is 0 Å². The van der Waals surface area contributed by atoms with E-state index in [1.54, 1.807) is 89.9 Å². The third kappa shape index (κ3) is 6.38. The molecule has 16 unspecified atom stereocenters. The van der Waals surface area contributed by atoms with E-state index >= 15 is 0 Å². The van der Waals surface area contributed by atoms with Gasteiger partial charge < -0.3 is 4.74 Å². The lowest BCUT2D eigenvalue weighted by atomic mass is 9.62. The summed E-state index contributed by atoms with van der Waals surface area (Å²) in [7, 11) is 0. The van der Waals surface area contributed by atoms with Crippen molar-refractivity contribution < 1.29 is 4.74 Å². The summed E-state index contributed by atoms with van der Waals surface area (Å²) in [4.78, 5) is 3.40. The van der Waals surface area contributed by atoms with E-state index < -0.39 is 0 Å². The minimum atomic E-state index is 0.621. The molecule has 11 fully saturated rings. The first-order valence-corrected chi connectivity index (χ1v) is 25.8. The van der Waals surface area contributed by atoms with Crippen molar-refractivity contribution in [3.8, 4) is 0 Å². The van der Waals surface area contributed by atoms with Crippen molar-refractivity contribution in [2.75, 3.05) is 0 Å². The summed E-state index contributed by atoms with van der Waals surface area (Å²) >= 11 is 2.45. The van der Waals surface area contributed by atoms with Crippen LogP contribution in [0.5, 0.6) is 0 Å². The molecule has 0 aromatic carbocycles. The molecule has 2 saturated heterocycles. The number of thioether (sulfide) groups is 1. The fourth-order valence-corrected chi connectivity index (χ4v) is 20.2. The van der Waals surface area contributed by atoms with Crippen LogP contribution in [0.2, 0.25) is 0 Å². The SMILES string of the molecule is C1CCC(C2CCC(N(C3CCC4C(CC5CCCCC54)C3)C3CCCC(C4CCCC5C6CCC7SC8CCCCC8C7C6OC45)C3)CC2)CC1. The molecule has 0 amide bonds. The van der Waals surface area contributed by atoms with Gasteiger partial charge in [0, 0.05) is 34.5 Å². The van der Waals surface area contributed by atoms with Crippen molar-refractivity contribution in [2.24, 2.45) is 71.0 Å². The lowest BCUT2D eigenvalue weighted by molar-refractivity contribution is -0.0811. The molecular formula is C49H79NOS. The minimum Gasteiger partial charge on any atom is -0.374 e. The Morgan fingerprint density at radius 1 is 0.327 bits per heavy atom. The highest BCUT2D eigenvalue weighted by Gasteiger charge is 2.60. The van der Waals surface area contributed by atoms with E-state index in [1.807, 2.05) is 0 Å².